The lowest BCUT2D eigenvalue weighted by atomic mass is 10.4. The van der Waals surface area contributed by atoms with Gasteiger partial charge in [0.15, 0.2) is 0 Å². The highest BCUT2D eigenvalue weighted by atomic mass is 32.2. The molecule has 0 saturated carbocycles. The second-order valence-electron chi connectivity index (χ2n) is 3.25. The highest BCUT2D eigenvalue weighted by molar-refractivity contribution is 7.99. The third-order valence-electron chi connectivity index (χ3n) is 2.07. The highest BCUT2D eigenvalue weighted by Gasteiger charge is 2.11. The number of nitrogens with zero attached hydrogens (tertiary/aromatic N) is 1. The van der Waals surface area contributed by atoms with Gasteiger partial charge in [-0.1, -0.05) is 11.8 Å². The zero-order valence-electron chi connectivity index (χ0n) is 9.45. The van der Waals surface area contributed by atoms with Crippen LogP contribution in [0.15, 0.2) is 9.64 Å². The first-order valence-electron chi connectivity index (χ1n) is 5.05. The first kappa shape index (κ1) is 12.5. The summed E-state index contributed by atoms with van der Waals surface area (Å²) in [6, 6.07) is 0. The van der Waals surface area contributed by atoms with Crippen molar-refractivity contribution in [2.24, 2.45) is 5.73 Å². The Labute approximate surface area is 94.6 Å². The lowest BCUT2D eigenvalue weighted by Crippen LogP contribution is -2.26. The average molecular weight is 230 g/mol. The molecule has 15 heavy (non-hydrogen) atoms. The molecular weight excluding hydrogens is 212 g/mol. The van der Waals surface area contributed by atoms with Crippen molar-refractivity contribution in [3.05, 3.63) is 11.5 Å². The van der Waals surface area contributed by atoms with Gasteiger partial charge < -0.3 is 14.9 Å². The van der Waals surface area contributed by atoms with Gasteiger partial charge >= 0.3 is 0 Å². The molecule has 1 rings (SSSR count). The molecule has 0 bridgehead atoms. The summed E-state index contributed by atoms with van der Waals surface area (Å²) in [4.78, 5) is 4.28. The Kier molecular flexibility index (Phi) is 5.14. The minimum Gasteiger partial charge on any atom is -0.437 e. The predicted octanol–water partition coefficient (Wildman–Crippen LogP) is 1.75. The van der Waals surface area contributed by atoms with Crippen LogP contribution in [0.5, 0.6) is 0 Å². The molecule has 1 aromatic heterocycles. The molecule has 0 aliphatic heterocycles. The maximum absolute atomic E-state index is 5.57. The molecule has 86 valence electrons. The van der Waals surface area contributed by atoms with Gasteiger partial charge in [0.1, 0.15) is 5.76 Å². The fraction of sp³-hybridized carbons (Fsp3) is 0.700. The summed E-state index contributed by atoms with van der Waals surface area (Å²) in [6.07, 6.45) is 0.0764. The number of aromatic nitrogens is 1. The van der Waals surface area contributed by atoms with Gasteiger partial charge in [0.2, 0.25) is 0 Å². The lowest BCUT2D eigenvalue weighted by molar-refractivity contribution is 0.0857. The van der Waals surface area contributed by atoms with E-state index in [1.165, 1.54) is 0 Å². The van der Waals surface area contributed by atoms with Gasteiger partial charge in [0, 0.05) is 18.9 Å². The molecule has 1 unspecified atom stereocenters. The second kappa shape index (κ2) is 6.15. The number of nitrogens with two attached hydrogens (primary N) is 1. The van der Waals surface area contributed by atoms with Crippen LogP contribution in [0, 0.1) is 13.8 Å². The Bertz CT molecular complexity index is 282. The highest BCUT2D eigenvalue weighted by Crippen LogP contribution is 2.21. The topological polar surface area (TPSA) is 61.3 Å². The lowest BCUT2D eigenvalue weighted by Gasteiger charge is -2.12. The number of hydrogen-bond donors (Lipinski definition) is 1. The summed E-state index contributed by atoms with van der Waals surface area (Å²) in [5.41, 5.74) is 6.51. The van der Waals surface area contributed by atoms with Crippen molar-refractivity contribution >= 4 is 11.8 Å². The molecule has 1 atom stereocenters. The molecule has 5 heteroatoms. The molecule has 0 aliphatic carbocycles. The van der Waals surface area contributed by atoms with Crippen molar-refractivity contribution in [3.8, 4) is 0 Å². The zero-order valence-corrected chi connectivity index (χ0v) is 10.3. The molecule has 2 N–H and O–H groups in total. The normalized spacial score (nSPS) is 13.1. The Morgan fingerprint density at radius 3 is 2.73 bits per heavy atom. The number of aryl methyl sites for hydroxylation is 2. The van der Waals surface area contributed by atoms with Crippen LogP contribution in [0.25, 0.3) is 0 Å². The minimum atomic E-state index is 0.0764. The van der Waals surface area contributed by atoms with Crippen molar-refractivity contribution < 1.29 is 9.15 Å². The van der Waals surface area contributed by atoms with Crippen LogP contribution in [0.4, 0.5) is 0 Å². The van der Waals surface area contributed by atoms with Crippen LogP contribution in [0.1, 0.15) is 18.4 Å². The number of thioether (sulfide) groups is 1. The van der Waals surface area contributed by atoms with Gasteiger partial charge in [0.25, 0.3) is 5.22 Å². The third kappa shape index (κ3) is 3.85. The van der Waals surface area contributed by atoms with E-state index in [0.717, 1.165) is 17.2 Å². The molecule has 4 nitrogen and oxygen atoms in total. The number of hydrogen-bond acceptors (Lipinski definition) is 5. The van der Waals surface area contributed by atoms with Crippen LogP contribution >= 0.6 is 11.8 Å². The third-order valence-corrected chi connectivity index (χ3v) is 3.03. The summed E-state index contributed by atoms with van der Waals surface area (Å²) in [5, 5.41) is 0.697. The zero-order chi connectivity index (χ0) is 11.3. The van der Waals surface area contributed by atoms with Crippen molar-refractivity contribution in [3.63, 3.8) is 0 Å². The Morgan fingerprint density at radius 1 is 1.53 bits per heavy atom. The van der Waals surface area contributed by atoms with Crippen LogP contribution in [-0.2, 0) is 4.74 Å². The predicted molar refractivity (Wildman–Crippen MR) is 61.2 cm³/mol. The van der Waals surface area contributed by atoms with Crippen molar-refractivity contribution in [2.45, 2.75) is 32.1 Å². The minimum absolute atomic E-state index is 0.0764. The fourth-order valence-corrected chi connectivity index (χ4v) is 2.04. The Morgan fingerprint density at radius 2 is 2.27 bits per heavy atom. The van der Waals surface area contributed by atoms with E-state index in [0.29, 0.717) is 18.4 Å². The second-order valence-corrected chi connectivity index (χ2v) is 4.22. The Hall–Kier alpha value is -0.520. The standard InChI is InChI=1S/C10H18N2O2S/c1-4-13-9(5-11)6-15-10-12-7(2)8(3)14-10/h9H,4-6,11H2,1-3H3. The fourth-order valence-electron chi connectivity index (χ4n) is 1.09. The molecule has 0 aliphatic rings. The molecule has 0 aromatic carbocycles. The van der Waals surface area contributed by atoms with Gasteiger partial charge in [-0.05, 0) is 20.8 Å². The van der Waals surface area contributed by atoms with Gasteiger partial charge in [-0.3, -0.25) is 0 Å². The summed E-state index contributed by atoms with van der Waals surface area (Å²) in [7, 11) is 0. The van der Waals surface area contributed by atoms with Gasteiger partial charge in [-0.15, -0.1) is 0 Å². The molecule has 0 saturated heterocycles. The monoisotopic (exact) mass is 230 g/mol. The first-order chi connectivity index (χ1) is 7.17. The van der Waals surface area contributed by atoms with E-state index in [1.54, 1.807) is 11.8 Å². The van der Waals surface area contributed by atoms with Crippen LogP contribution in [0.3, 0.4) is 0 Å². The van der Waals surface area contributed by atoms with Crippen LogP contribution < -0.4 is 5.73 Å². The van der Waals surface area contributed by atoms with Crippen molar-refractivity contribution in [1.29, 1.82) is 0 Å². The summed E-state index contributed by atoms with van der Waals surface area (Å²) in [5.74, 6) is 1.65. The summed E-state index contributed by atoms with van der Waals surface area (Å²) < 4.78 is 10.9. The van der Waals surface area contributed by atoms with Gasteiger partial charge in [0.05, 0.1) is 11.8 Å². The molecule has 0 spiro atoms. The first-order valence-corrected chi connectivity index (χ1v) is 6.04. The molecule has 1 heterocycles. The largest absolute Gasteiger partial charge is 0.437 e. The molecule has 0 amide bonds. The van der Waals surface area contributed by atoms with E-state index in [1.807, 2.05) is 20.8 Å². The number of rotatable bonds is 6. The maximum Gasteiger partial charge on any atom is 0.256 e. The Balaban J connectivity index is 2.41. The van der Waals surface area contributed by atoms with Crippen molar-refractivity contribution in [1.82, 2.24) is 4.98 Å². The van der Waals surface area contributed by atoms with Gasteiger partial charge in [-0.25, -0.2) is 4.98 Å². The van der Waals surface area contributed by atoms with E-state index in [4.69, 9.17) is 14.9 Å². The number of ether oxygens (including phenoxy) is 1. The van der Waals surface area contributed by atoms with Gasteiger partial charge in [-0.2, -0.15) is 0 Å². The van der Waals surface area contributed by atoms with E-state index in [9.17, 15) is 0 Å². The van der Waals surface area contributed by atoms with Crippen LogP contribution in [-0.4, -0.2) is 30.0 Å². The summed E-state index contributed by atoms with van der Waals surface area (Å²) >= 11 is 1.55. The van der Waals surface area contributed by atoms with Crippen LogP contribution in [0.2, 0.25) is 0 Å². The maximum atomic E-state index is 5.57. The SMILES string of the molecule is CCOC(CN)CSc1nc(C)c(C)o1. The molecule has 0 radical (unpaired) electrons. The molecule has 0 fully saturated rings. The van der Waals surface area contributed by atoms with E-state index >= 15 is 0 Å². The number of oxazole rings is 1. The van der Waals surface area contributed by atoms with E-state index in [2.05, 4.69) is 4.98 Å². The average Bonchev–Trinajstić information content (AvgIpc) is 2.53. The van der Waals surface area contributed by atoms with E-state index in [-0.39, 0.29) is 6.10 Å². The van der Waals surface area contributed by atoms with E-state index < -0.39 is 0 Å². The smallest absolute Gasteiger partial charge is 0.256 e. The quantitative estimate of drug-likeness (QED) is 0.754. The summed E-state index contributed by atoms with van der Waals surface area (Å²) in [6.45, 7) is 7.03. The van der Waals surface area contributed by atoms with Crippen molar-refractivity contribution in [2.75, 3.05) is 18.9 Å². The molecule has 1 aromatic rings. The molecular formula is C10H18N2O2S.